The van der Waals surface area contributed by atoms with Gasteiger partial charge in [0.15, 0.2) is 0 Å². The summed E-state index contributed by atoms with van der Waals surface area (Å²) in [5, 5.41) is 0. The first-order chi connectivity index (χ1) is 74.2. The normalized spacial score (nSPS) is 24.6. The molecule has 0 aromatic rings. The van der Waals surface area contributed by atoms with Gasteiger partial charge < -0.3 is 80.3 Å². The van der Waals surface area contributed by atoms with Crippen LogP contribution >= 0.6 is 302 Å². The molecule has 0 bridgehead atoms. The molecule has 0 saturated heterocycles. The maximum atomic E-state index is 7.34. The van der Waals surface area contributed by atoms with Crippen LogP contribution in [-0.4, -0.2) is 252 Å². The van der Waals surface area contributed by atoms with Gasteiger partial charge in [0.2, 0.25) is 0 Å². The smallest absolute Gasteiger partial charge is 0.0434 e. The summed E-state index contributed by atoms with van der Waals surface area (Å²) in [7, 11) is 31.2. The minimum absolute atomic E-state index is 0.00109. The van der Waals surface area contributed by atoms with Crippen LogP contribution in [0.25, 0.3) is 0 Å². The van der Waals surface area contributed by atoms with E-state index in [-0.39, 0.29) is 86.0 Å². The molecule has 0 heterocycles. The SMILES string of the molecule is [2H]C(C)C([2H])SSC([2H])([2H])C([2H])([2H])N.[2H]C(C)C([2H])SSC([2H])C([2H])([2H])N.[2H]C(C)CSSC([2H])([2H])C([2H])([2H])N.[2H]C(C)CSSC([2H])([2H])C([2H])N.[2H]C(C)CSSC([2H])([2H])CN.[2H]C(C)CSSC([2H])C([2H])([2H])N.[2H]C(C)CSSCC([2H])([2H])N.[2H]C(CC)SSC([2H])([2H])C([2H])([2H])N.[2H]C(CC)SSC([2H])([2H])C([2H])N.[2H]C(CC)SSC([2H])([2H])CN.[2H]C(CC)SSC([2H])C([2H])([2H])N.[2H]C(CC)SSCC([2H])([2H])N.[2H]C(N)C([2H])([2H])SSCCC.[2H]C([2H])(CN)SSCCC. The van der Waals surface area contributed by atoms with Gasteiger partial charge in [0.1, 0.15) is 0 Å². The van der Waals surface area contributed by atoms with Crippen LogP contribution in [0, 0.1) is 0 Å². The highest BCUT2D eigenvalue weighted by Crippen LogP contribution is 2.27. The molecule has 0 aromatic heterocycles. The number of hydrogen-bond acceptors (Lipinski definition) is 42. The summed E-state index contributed by atoms with van der Waals surface area (Å²) in [6.45, 7) is 5.53. The fourth-order valence-electron chi connectivity index (χ4n) is 2.35. The number of rotatable bonds is 70. The molecular formula is C70H182N14S28. The van der Waals surface area contributed by atoms with E-state index in [1.165, 1.54) is 126 Å². The maximum Gasteiger partial charge on any atom is 0.0434 e. The van der Waals surface area contributed by atoms with E-state index in [1.807, 2.05) is 48.5 Å². The molecule has 112 heavy (non-hydrogen) atoms. The predicted octanol–water partition coefficient (Wildman–Crippen LogP) is 24.3. The Morgan fingerprint density at radius 3 is 0.589 bits per heavy atom. The molecule has 20 unspecified atom stereocenters. The van der Waals surface area contributed by atoms with E-state index in [0.29, 0.717) is 63.9 Å². The van der Waals surface area contributed by atoms with Gasteiger partial charge in [0, 0.05) is 326 Å². The monoisotopic (exact) mass is 2170 g/mol. The summed E-state index contributed by atoms with van der Waals surface area (Å²) in [6, 6.07) is 0. The Balaban J connectivity index is -0.000000125. The standard InChI is InChI=1S/14C5H13NS2/c14*1-2-4-7-8-5-3-6/h14*2-6H2,1H3/i2D,3D2,4D,5D2;2D,3D2,4D,5D;3D2,4D,5D2;3D2,4D,5D;3D,4D,5D2;2D,3D2,5D2;2D,3D2,5D;2D,3D,5D2;4D,5D2;3D,5D2;3D2,4D;2D,5D2;2D,3D2;5D2. The van der Waals surface area contributed by atoms with Crippen molar-refractivity contribution in [1.82, 2.24) is 0 Å². The molecule has 0 aliphatic carbocycles. The second kappa shape index (κ2) is 197. The summed E-state index contributed by atoms with van der Waals surface area (Å²) < 4.78 is 387. The van der Waals surface area contributed by atoms with Gasteiger partial charge in [-0.15, -0.1) is 0 Å². The quantitative estimate of drug-likeness (QED) is 0.0199. The molecule has 0 saturated carbocycles. The van der Waals surface area contributed by atoms with Crippen LogP contribution in [0.4, 0.5) is 0 Å². The molecule has 0 radical (unpaired) electrons. The zero-order chi connectivity index (χ0) is 135. The highest BCUT2D eigenvalue weighted by Gasteiger charge is 1.93. The second-order valence-electron chi connectivity index (χ2n) is 15.1. The van der Waals surface area contributed by atoms with E-state index in [1.54, 1.807) is 45.4 Å². The molecule has 42 heteroatoms. The minimum atomic E-state index is -2.45. The van der Waals surface area contributed by atoms with Crippen molar-refractivity contribution < 1.29 is 74.0 Å². The number of hydrogen-bond donors (Lipinski definition) is 14. The molecule has 0 fully saturated rings. The van der Waals surface area contributed by atoms with Crippen molar-refractivity contribution in [2.45, 2.75) is 187 Å². The molecule has 0 aromatic carbocycles. The van der Waals surface area contributed by atoms with E-state index in [4.69, 9.17) is 154 Å². The van der Waals surface area contributed by atoms with Crippen molar-refractivity contribution in [2.24, 2.45) is 80.3 Å². The van der Waals surface area contributed by atoms with Crippen molar-refractivity contribution in [3.8, 4) is 0 Å². The minimum Gasteiger partial charge on any atom is -0.330 e. The number of nitrogens with two attached hydrogens (primary N) is 14. The molecule has 28 N–H and O–H groups in total. The van der Waals surface area contributed by atoms with Gasteiger partial charge >= 0.3 is 0 Å². The van der Waals surface area contributed by atoms with Gasteiger partial charge in [-0.3, -0.25) is 0 Å². The highest BCUT2D eigenvalue weighted by molar-refractivity contribution is 8.80. The zero-order valence-corrected chi connectivity index (χ0v) is 89.9. The van der Waals surface area contributed by atoms with Gasteiger partial charge in [-0.25, -0.2) is 0 Å². The predicted molar refractivity (Wildman–Crippen MR) is 620 cm³/mol. The molecule has 0 rings (SSSR count). The second-order valence-corrected chi connectivity index (χ2v) is 45.4. The van der Waals surface area contributed by atoms with E-state index in [9.17, 15) is 0 Å². The Morgan fingerprint density at radius 1 is 0.152 bits per heavy atom. The van der Waals surface area contributed by atoms with Crippen molar-refractivity contribution in [3.63, 3.8) is 0 Å². The van der Waals surface area contributed by atoms with Gasteiger partial charge in [0.05, 0.1) is 0 Å². The average Bonchev–Trinajstić information content (AvgIpc) is 0.842. The van der Waals surface area contributed by atoms with Crippen LogP contribution in [-0.2, 0) is 0 Å². The van der Waals surface area contributed by atoms with Gasteiger partial charge in [0.25, 0.3) is 0 Å². The first-order valence-corrected chi connectivity index (χ1v) is 64.9. The van der Waals surface area contributed by atoms with E-state index >= 15 is 0 Å². The molecule has 0 aliphatic heterocycles. The van der Waals surface area contributed by atoms with Crippen LogP contribution in [0.3, 0.4) is 0 Å². The topological polar surface area (TPSA) is 364 Å². The van der Waals surface area contributed by atoms with Crippen LogP contribution in [0.2, 0.25) is 0 Å². The Labute approximate surface area is 887 Å². The van der Waals surface area contributed by atoms with E-state index < -0.39 is 170 Å². The van der Waals surface area contributed by atoms with Crippen molar-refractivity contribution in [3.05, 3.63) is 0 Å². The largest absolute Gasteiger partial charge is 0.330 e. The first kappa shape index (κ1) is 67.4. The molecule has 0 amide bonds. The van der Waals surface area contributed by atoms with Gasteiger partial charge in [-0.1, -0.05) is 399 Å². The van der Waals surface area contributed by atoms with E-state index in [0.717, 1.165) is 194 Å². The summed E-state index contributed by atoms with van der Waals surface area (Å²) in [4.78, 5) is 0. The molecule has 700 valence electrons. The third-order valence-corrected chi connectivity index (χ3v) is 32.4. The highest BCUT2D eigenvalue weighted by atomic mass is 33.1. The molecule has 0 aliphatic rings. The van der Waals surface area contributed by atoms with Crippen LogP contribution in [0.1, 0.15) is 261 Å². The summed E-state index contributed by atoms with van der Waals surface area (Å²) >= 11 is 0. The zero-order valence-electron chi connectivity index (χ0n) is 121. The Hall–Kier alpha value is 9.24. The summed E-state index contributed by atoms with van der Waals surface area (Å²) in [5.74, 6) is 5.39. The van der Waals surface area contributed by atoms with E-state index in [2.05, 4.69) is 6.92 Å². The molecule has 20 atom stereocenters. The lowest BCUT2D eigenvalue weighted by atomic mass is 10.6. The Kier molecular flexibility index (Phi) is 118. The fourth-order valence-corrected chi connectivity index (χ4v) is 21.1. The lowest BCUT2D eigenvalue weighted by Gasteiger charge is -1.93. The van der Waals surface area contributed by atoms with Gasteiger partial charge in [-0.2, -0.15) is 0 Å². The van der Waals surface area contributed by atoms with Crippen molar-refractivity contribution in [1.29, 1.82) is 0 Å². The molecular weight excluding hydrogens is 1930 g/mol. The summed E-state index contributed by atoms with van der Waals surface area (Å²) in [6.07, 6.45) is 3.48. The lowest BCUT2D eigenvalue weighted by molar-refractivity contribution is 1.11. The average molecular weight is 2170 g/mol. The first-order valence-electron chi connectivity index (χ1n) is 61.2. The van der Waals surface area contributed by atoms with Crippen LogP contribution in [0.15, 0.2) is 0 Å². The van der Waals surface area contributed by atoms with Crippen LogP contribution < -0.4 is 80.3 Å². The Morgan fingerprint density at radius 2 is 0.339 bits per heavy atom. The Bertz CT molecular complexity index is 3390. The van der Waals surface area contributed by atoms with Crippen molar-refractivity contribution in [2.75, 3.05) is 252 Å². The third-order valence-electron chi connectivity index (χ3n) is 5.83. The van der Waals surface area contributed by atoms with Crippen molar-refractivity contribution >= 4 is 302 Å². The maximum absolute atomic E-state index is 7.34. The van der Waals surface area contributed by atoms with Gasteiger partial charge in [-0.05, 0) is 89.7 Å². The van der Waals surface area contributed by atoms with Crippen LogP contribution in [0.5, 0.6) is 0 Å². The molecule has 0 spiro atoms. The lowest BCUT2D eigenvalue weighted by Crippen LogP contribution is -1.99. The molecule has 14 nitrogen and oxygen atoms in total. The third kappa shape index (κ3) is 265. The summed E-state index contributed by atoms with van der Waals surface area (Å²) in [5.41, 5.74) is 49.4. The fraction of sp³-hybridized carbons (Fsp3) is 1.00.